The molecule has 1 aliphatic rings. The lowest BCUT2D eigenvalue weighted by Gasteiger charge is -2.24. The first kappa shape index (κ1) is 15.1. The summed E-state index contributed by atoms with van der Waals surface area (Å²) in [5.74, 6) is 2.21. The van der Waals surface area contributed by atoms with E-state index in [-0.39, 0.29) is 6.61 Å². The van der Waals surface area contributed by atoms with E-state index in [1.165, 1.54) is 18.4 Å². The molecule has 0 bridgehead atoms. The van der Waals surface area contributed by atoms with Crippen molar-refractivity contribution < 1.29 is 14.6 Å². The Kier molecular flexibility index (Phi) is 6.15. The second-order valence-electron chi connectivity index (χ2n) is 5.09. The summed E-state index contributed by atoms with van der Waals surface area (Å²) in [5.41, 5.74) is 1.34. The maximum Gasteiger partial charge on any atom is 0.161 e. The number of hydrogen-bond donors (Lipinski definition) is 2. The van der Waals surface area contributed by atoms with Gasteiger partial charge in [-0.15, -0.1) is 0 Å². The third-order valence-electron chi connectivity index (χ3n) is 3.64. The number of aliphatic hydroxyl groups excluding tert-OH is 1. The minimum absolute atomic E-state index is 0.150. The van der Waals surface area contributed by atoms with Gasteiger partial charge in [0.25, 0.3) is 0 Å². The number of benzene rings is 1. The SMILES string of the molecule is CCOc1cc(C2CCNCC2)ccc1OCCCO. The first-order chi connectivity index (χ1) is 9.85. The zero-order chi connectivity index (χ0) is 14.2. The molecule has 1 fully saturated rings. The van der Waals surface area contributed by atoms with Crippen LogP contribution in [0.2, 0.25) is 0 Å². The zero-order valence-corrected chi connectivity index (χ0v) is 12.2. The lowest BCUT2D eigenvalue weighted by molar-refractivity contribution is 0.224. The van der Waals surface area contributed by atoms with Gasteiger partial charge >= 0.3 is 0 Å². The molecule has 0 saturated carbocycles. The van der Waals surface area contributed by atoms with Crippen molar-refractivity contribution in [1.82, 2.24) is 5.32 Å². The van der Waals surface area contributed by atoms with Crippen LogP contribution in [0.25, 0.3) is 0 Å². The maximum atomic E-state index is 8.81. The zero-order valence-electron chi connectivity index (χ0n) is 12.2. The van der Waals surface area contributed by atoms with Gasteiger partial charge in [-0.1, -0.05) is 6.07 Å². The number of piperidine rings is 1. The normalized spacial score (nSPS) is 16.1. The first-order valence-electron chi connectivity index (χ1n) is 7.56. The fourth-order valence-corrected chi connectivity index (χ4v) is 2.57. The van der Waals surface area contributed by atoms with Gasteiger partial charge in [0.15, 0.2) is 11.5 Å². The largest absolute Gasteiger partial charge is 0.490 e. The van der Waals surface area contributed by atoms with Crippen molar-refractivity contribution in [3.8, 4) is 11.5 Å². The van der Waals surface area contributed by atoms with Crippen LogP contribution in [0.3, 0.4) is 0 Å². The van der Waals surface area contributed by atoms with E-state index in [0.29, 0.717) is 25.6 Å². The van der Waals surface area contributed by atoms with Gasteiger partial charge in [0, 0.05) is 13.0 Å². The molecule has 0 radical (unpaired) electrons. The molecule has 0 unspecified atom stereocenters. The molecule has 2 N–H and O–H groups in total. The Hall–Kier alpha value is -1.26. The Morgan fingerprint density at radius 2 is 2.00 bits per heavy atom. The number of ether oxygens (including phenoxy) is 2. The molecule has 0 amide bonds. The fraction of sp³-hybridized carbons (Fsp3) is 0.625. The lowest BCUT2D eigenvalue weighted by atomic mass is 9.90. The Bertz CT molecular complexity index is 403. The standard InChI is InChI=1S/C16H25NO3/c1-2-19-16-12-14(13-6-8-17-9-7-13)4-5-15(16)20-11-3-10-18/h4-5,12-13,17-18H,2-3,6-11H2,1H3. The predicted molar refractivity (Wildman–Crippen MR) is 79.7 cm³/mol. The first-order valence-corrected chi connectivity index (χ1v) is 7.56. The van der Waals surface area contributed by atoms with Crippen LogP contribution in [0.5, 0.6) is 11.5 Å². The third kappa shape index (κ3) is 4.12. The van der Waals surface area contributed by atoms with Crippen LogP contribution in [-0.4, -0.2) is 38.0 Å². The van der Waals surface area contributed by atoms with E-state index in [2.05, 4.69) is 17.4 Å². The van der Waals surface area contributed by atoms with Crippen LogP contribution in [0, 0.1) is 0 Å². The molecule has 4 heteroatoms. The average molecular weight is 279 g/mol. The second kappa shape index (κ2) is 8.12. The summed E-state index contributed by atoms with van der Waals surface area (Å²) in [4.78, 5) is 0. The third-order valence-corrected chi connectivity index (χ3v) is 3.64. The highest BCUT2D eigenvalue weighted by molar-refractivity contribution is 5.44. The molecule has 20 heavy (non-hydrogen) atoms. The van der Waals surface area contributed by atoms with Crippen molar-refractivity contribution in [2.45, 2.75) is 32.1 Å². The molecule has 1 aliphatic heterocycles. The van der Waals surface area contributed by atoms with E-state index in [0.717, 1.165) is 24.6 Å². The average Bonchev–Trinajstić information content (AvgIpc) is 2.50. The predicted octanol–water partition coefficient (Wildman–Crippen LogP) is 2.31. The number of nitrogens with one attached hydrogen (secondary N) is 1. The van der Waals surface area contributed by atoms with Crippen molar-refractivity contribution >= 4 is 0 Å². The van der Waals surface area contributed by atoms with Gasteiger partial charge in [0.2, 0.25) is 0 Å². The summed E-state index contributed by atoms with van der Waals surface area (Å²) in [6.07, 6.45) is 2.99. The molecule has 1 aromatic carbocycles. The van der Waals surface area contributed by atoms with Gasteiger partial charge in [-0.05, 0) is 56.5 Å². The van der Waals surface area contributed by atoms with E-state index < -0.39 is 0 Å². The molecular weight excluding hydrogens is 254 g/mol. The Balaban J connectivity index is 2.08. The van der Waals surface area contributed by atoms with Crippen molar-refractivity contribution in [2.75, 3.05) is 32.9 Å². The van der Waals surface area contributed by atoms with Gasteiger partial charge < -0.3 is 19.9 Å². The summed E-state index contributed by atoms with van der Waals surface area (Å²) in [7, 11) is 0. The molecule has 2 rings (SSSR count). The minimum atomic E-state index is 0.150. The molecule has 1 heterocycles. The van der Waals surface area contributed by atoms with Gasteiger partial charge in [-0.3, -0.25) is 0 Å². The van der Waals surface area contributed by atoms with Crippen LogP contribution in [-0.2, 0) is 0 Å². The van der Waals surface area contributed by atoms with E-state index in [1.807, 2.05) is 13.0 Å². The highest BCUT2D eigenvalue weighted by Crippen LogP contribution is 2.34. The van der Waals surface area contributed by atoms with Crippen LogP contribution < -0.4 is 14.8 Å². The summed E-state index contributed by atoms with van der Waals surface area (Å²) in [5, 5.41) is 12.2. The lowest BCUT2D eigenvalue weighted by Crippen LogP contribution is -2.26. The van der Waals surface area contributed by atoms with Gasteiger partial charge in [0.05, 0.1) is 13.2 Å². The van der Waals surface area contributed by atoms with Gasteiger partial charge in [-0.2, -0.15) is 0 Å². The molecular formula is C16H25NO3. The topological polar surface area (TPSA) is 50.7 Å². The quantitative estimate of drug-likeness (QED) is 0.752. The van der Waals surface area contributed by atoms with Crippen molar-refractivity contribution in [3.05, 3.63) is 23.8 Å². The van der Waals surface area contributed by atoms with Crippen LogP contribution in [0.4, 0.5) is 0 Å². The molecule has 4 nitrogen and oxygen atoms in total. The Labute approximate surface area is 121 Å². The highest BCUT2D eigenvalue weighted by Gasteiger charge is 2.17. The summed E-state index contributed by atoms with van der Waals surface area (Å²) in [6.45, 7) is 5.45. The molecule has 0 atom stereocenters. The second-order valence-corrected chi connectivity index (χ2v) is 5.09. The van der Waals surface area contributed by atoms with Gasteiger partial charge in [0.1, 0.15) is 0 Å². The van der Waals surface area contributed by atoms with E-state index in [4.69, 9.17) is 14.6 Å². The fourth-order valence-electron chi connectivity index (χ4n) is 2.57. The summed E-state index contributed by atoms with van der Waals surface area (Å²) < 4.78 is 11.4. The van der Waals surface area contributed by atoms with E-state index >= 15 is 0 Å². The van der Waals surface area contributed by atoms with Crippen molar-refractivity contribution in [3.63, 3.8) is 0 Å². The van der Waals surface area contributed by atoms with Crippen molar-refractivity contribution in [1.29, 1.82) is 0 Å². The number of hydrogen-bond acceptors (Lipinski definition) is 4. The minimum Gasteiger partial charge on any atom is -0.490 e. The van der Waals surface area contributed by atoms with Gasteiger partial charge in [-0.25, -0.2) is 0 Å². The van der Waals surface area contributed by atoms with E-state index in [9.17, 15) is 0 Å². The molecule has 0 aromatic heterocycles. The summed E-state index contributed by atoms with van der Waals surface area (Å²) in [6, 6.07) is 6.26. The van der Waals surface area contributed by atoms with Crippen LogP contribution >= 0.6 is 0 Å². The smallest absolute Gasteiger partial charge is 0.161 e. The maximum absolute atomic E-state index is 8.81. The molecule has 1 saturated heterocycles. The van der Waals surface area contributed by atoms with Crippen LogP contribution in [0.1, 0.15) is 37.7 Å². The van der Waals surface area contributed by atoms with Crippen molar-refractivity contribution in [2.24, 2.45) is 0 Å². The molecule has 0 spiro atoms. The Morgan fingerprint density at radius 3 is 2.70 bits per heavy atom. The molecule has 1 aromatic rings. The van der Waals surface area contributed by atoms with E-state index in [1.54, 1.807) is 0 Å². The molecule has 112 valence electrons. The highest BCUT2D eigenvalue weighted by atomic mass is 16.5. The number of rotatable bonds is 7. The number of aliphatic hydroxyl groups is 1. The summed E-state index contributed by atoms with van der Waals surface area (Å²) >= 11 is 0. The molecule has 0 aliphatic carbocycles. The Morgan fingerprint density at radius 1 is 1.20 bits per heavy atom. The van der Waals surface area contributed by atoms with Crippen LogP contribution in [0.15, 0.2) is 18.2 Å². The monoisotopic (exact) mass is 279 g/mol.